The zero-order chi connectivity index (χ0) is 28.5. The minimum Gasteiger partial charge on any atom is -0.490 e. The summed E-state index contributed by atoms with van der Waals surface area (Å²) >= 11 is 6.24. The minimum atomic E-state index is -0.502. The Morgan fingerprint density at radius 3 is 2.66 bits per heavy atom. The van der Waals surface area contributed by atoms with Crippen molar-refractivity contribution in [2.45, 2.75) is 37.6 Å². The van der Waals surface area contributed by atoms with Crippen LogP contribution in [0.4, 0.5) is 0 Å². The number of halogens is 1. The molecule has 1 saturated heterocycles. The predicted octanol–water partition coefficient (Wildman–Crippen LogP) is 4.09. The van der Waals surface area contributed by atoms with Gasteiger partial charge in [-0.3, -0.25) is 9.78 Å². The molecule has 0 atom stereocenters. The first-order valence-corrected chi connectivity index (χ1v) is 13.9. The summed E-state index contributed by atoms with van der Waals surface area (Å²) in [6.45, 7) is 1.85. The van der Waals surface area contributed by atoms with Gasteiger partial charge in [-0.2, -0.15) is 15.6 Å². The second kappa shape index (κ2) is 10.8. The second-order valence-corrected chi connectivity index (χ2v) is 11.2. The summed E-state index contributed by atoms with van der Waals surface area (Å²) in [5.74, 6) is 0.262. The third-order valence-corrected chi connectivity index (χ3v) is 8.19. The average molecular weight is 567 g/mol. The maximum absolute atomic E-state index is 13.1. The Hall–Kier alpha value is -4.51. The van der Waals surface area contributed by atoms with E-state index in [1.54, 1.807) is 35.2 Å². The Bertz CT molecular complexity index is 1690. The van der Waals surface area contributed by atoms with Gasteiger partial charge < -0.3 is 15.4 Å². The van der Waals surface area contributed by atoms with E-state index < -0.39 is 11.0 Å². The van der Waals surface area contributed by atoms with Crippen LogP contribution in [-0.4, -0.2) is 50.7 Å². The number of ether oxygens (including phenoxy) is 1. The number of piperidine rings is 1. The number of aromatic nitrogens is 4. The number of fused-ring (bicyclic) bond motifs is 1. The fourth-order valence-electron chi connectivity index (χ4n) is 5.28. The number of amides is 1. The maximum Gasteiger partial charge on any atom is 0.271 e. The Morgan fingerprint density at radius 2 is 1.98 bits per heavy atom. The molecule has 0 unspecified atom stereocenters. The smallest absolute Gasteiger partial charge is 0.271 e. The maximum atomic E-state index is 13.1. The van der Waals surface area contributed by atoms with Crippen LogP contribution in [0.15, 0.2) is 55.1 Å². The van der Waals surface area contributed by atoms with Crippen LogP contribution in [0.3, 0.4) is 0 Å². The topological polar surface area (TPSA) is 141 Å². The molecule has 6 rings (SSSR count). The molecule has 1 aliphatic heterocycles. The van der Waals surface area contributed by atoms with Crippen molar-refractivity contribution in [2.75, 3.05) is 19.7 Å². The molecular weight excluding hydrogens is 540 g/mol. The van der Waals surface area contributed by atoms with Crippen LogP contribution < -0.4 is 15.4 Å². The lowest BCUT2D eigenvalue weighted by Crippen LogP contribution is -2.56. The van der Waals surface area contributed by atoms with E-state index in [2.05, 4.69) is 32.9 Å². The molecule has 1 saturated carbocycles. The van der Waals surface area contributed by atoms with Crippen LogP contribution in [0.5, 0.6) is 5.75 Å². The van der Waals surface area contributed by atoms with Crippen LogP contribution in [-0.2, 0) is 6.42 Å². The first kappa shape index (κ1) is 26.7. The highest BCUT2D eigenvalue weighted by molar-refractivity contribution is 6.33. The van der Waals surface area contributed by atoms with Gasteiger partial charge in [-0.1, -0.05) is 17.7 Å². The molecule has 0 aromatic carbocycles. The molecule has 4 aromatic rings. The highest BCUT2D eigenvalue weighted by Gasteiger charge is 2.44. The molecule has 0 bridgehead atoms. The second-order valence-electron chi connectivity index (χ2n) is 10.8. The van der Waals surface area contributed by atoms with Crippen LogP contribution in [0, 0.1) is 28.1 Å². The van der Waals surface area contributed by atoms with Crippen molar-refractivity contribution >= 4 is 23.0 Å². The zero-order valence-corrected chi connectivity index (χ0v) is 23.0. The minimum absolute atomic E-state index is 0.206. The fraction of sp³-hybridized carbons (Fsp3) is 0.333. The molecule has 10 nitrogen and oxygen atoms in total. The lowest BCUT2D eigenvalue weighted by molar-refractivity contribution is 0.0868. The predicted molar refractivity (Wildman–Crippen MR) is 151 cm³/mol. The summed E-state index contributed by atoms with van der Waals surface area (Å²) in [4.78, 5) is 22.1. The highest BCUT2D eigenvalue weighted by atomic mass is 35.5. The standard InChI is InChI=1S/C30H27ClN8O2/c31-25-2-1-9-35-26(25)28(40)38-30(7-10-34-11-8-30)13-22-4-3-20(15-36-22)24-12-23(41-19-29(18-33)5-6-29)17-39-27(24)21(14-32)16-37-39/h1-4,9,12,15-17,34H,5-8,10-11,13,19H2,(H,38,40). The molecule has 2 aliphatic rings. The third-order valence-electron chi connectivity index (χ3n) is 7.88. The van der Waals surface area contributed by atoms with E-state index in [0.29, 0.717) is 34.9 Å². The molecule has 11 heteroatoms. The molecular formula is C30H27ClN8O2. The summed E-state index contributed by atoms with van der Waals surface area (Å²) in [6.07, 6.45) is 10.2. The fourth-order valence-corrected chi connectivity index (χ4v) is 5.49. The molecule has 206 valence electrons. The largest absolute Gasteiger partial charge is 0.490 e. The van der Waals surface area contributed by atoms with Gasteiger partial charge in [0.15, 0.2) is 0 Å². The summed E-state index contributed by atoms with van der Waals surface area (Å²) in [6, 6.07) is 13.7. The Morgan fingerprint density at radius 1 is 1.15 bits per heavy atom. The van der Waals surface area contributed by atoms with Crippen LogP contribution in [0.1, 0.15) is 47.4 Å². The molecule has 2 fully saturated rings. The molecule has 2 N–H and O–H groups in total. The van der Waals surface area contributed by atoms with Crippen molar-refractivity contribution in [1.82, 2.24) is 30.2 Å². The Kier molecular flexibility index (Phi) is 7.04. The SMILES string of the molecule is N#Cc1cnn2cc(OCC3(C#N)CC3)cc(-c3ccc(CC4(NC(=O)c5ncccc5Cl)CCNCC4)nc3)c12. The quantitative estimate of drug-likeness (QED) is 0.325. The van der Waals surface area contributed by atoms with Crippen molar-refractivity contribution in [3.8, 4) is 29.0 Å². The number of carbonyl (C=O) groups is 1. The number of pyridine rings is 3. The average Bonchev–Trinajstić information content (AvgIpc) is 3.66. The lowest BCUT2D eigenvalue weighted by Gasteiger charge is -2.38. The molecule has 1 amide bonds. The number of carbonyl (C=O) groups excluding carboxylic acids is 1. The Labute approximate surface area is 241 Å². The van der Waals surface area contributed by atoms with E-state index in [4.69, 9.17) is 21.3 Å². The number of hydrogen-bond acceptors (Lipinski definition) is 8. The molecule has 1 aliphatic carbocycles. The number of hydrogen-bond donors (Lipinski definition) is 2. The van der Waals surface area contributed by atoms with Crippen molar-refractivity contribution in [3.63, 3.8) is 0 Å². The molecule has 0 radical (unpaired) electrons. The molecule has 5 heterocycles. The van der Waals surface area contributed by atoms with E-state index in [9.17, 15) is 15.3 Å². The monoisotopic (exact) mass is 566 g/mol. The van der Waals surface area contributed by atoms with Crippen molar-refractivity contribution in [1.29, 1.82) is 10.5 Å². The van der Waals surface area contributed by atoms with E-state index in [0.717, 1.165) is 55.6 Å². The van der Waals surface area contributed by atoms with Gasteiger partial charge in [-0.15, -0.1) is 0 Å². The van der Waals surface area contributed by atoms with E-state index in [-0.39, 0.29) is 11.6 Å². The van der Waals surface area contributed by atoms with Gasteiger partial charge in [0.1, 0.15) is 24.1 Å². The van der Waals surface area contributed by atoms with Gasteiger partial charge in [0.05, 0.1) is 40.0 Å². The van der Waals surface area contributed by atoms with Gasteiger partial charge >= 0.3 is 0 Å². The van der Waals surface area contributed by atoms with Gasteiger partial charge in [-0.25, -0.2) is 9.50 Å². The highest BCUT2D eigenvalue weighted by Crippen LogP contribution is 2.45. The number of nitriles is 2. The van der Waals surface area contributed by atoms with E-state index in [1.165, 1.54) is 6.20 Å². The number of nitrogens with one attached hydrogen (secondary N) is 2. The lowest BCUT2D eigenvalue weighted by atomic mass is 9.83. The van der Waals surface area contributed by atoms with Crippen molar-refractivity contribution in [3.05, 3.63) is 77.1 Å². The summed E-state index contributed by atoms with van der Waals surface area (Å²) in [5, 5.41) is 30.4. The number of rotatable bonds is 8. The van der Waals surface area contributed by atoms with E-state index >= 15 is 0 Å². The zero-order valence-electron chi connectivity index (χ0n) is 22.2. The molecule has 41 heavy (non-hydrogen) atoms. The third kappa shape index (κ3) is 5.45. The van der Waals surface area contributed by atoms with Crippen LogP contribution >= 0.6 is 11.6 Å². The van der Waals surface area contributed by atoms with E-state index in [1.807, 2.05) is 18.2 Å². The normalized spacial score (nSPS) is 16.9. The van der Waals surface area contributed by atoms with Gasteiger partial charge in [0.25, 0.3) is 5.91 Å². The summed E-state index contributed by atoms with van der Waals surface area (Å²) in [7, 11) is 0. The van der Waals surface area contributed by atoms with Gasteiger partial charge in [0, 0.05) is 41.2 Å². The first-order chi connectivity index (χ1) is 19.9. The first-order valence-electron chi connectivity index (χ1n) is 13.5. The van der Waals surface area contributed by atoms with Crippen molar-refractivity contribution in [2.24, 2.45) is 5.41 Å². The summed E-state index contributed by atoms with van der Waals surface area (Å²) in [5.41, 5.74) is 2.77. The molecule has 4 aromatic heterocycles. The molecule has 0 spiro atoms. The van der Waals surface area contributed by atoms with Gasteiger partial charge in [0.2, 0.25) is 0 Å². The summed E-state index contributed by atoms with van der Waals surface area (Å²) < 4.78 is 7.64. The Balaban J connectivity index is 1.27. The van der Waals surface area contributed by atoms with Crippen LogP contribution in [0.25, 0.3) is 16.6 Å². The van der Waals surface area contributed by atoms with Crippen molar-refractivity contribution < 1.29 is 9.53 Å². The number of nitrogens with zero attached hydrogens (tertiary/aromatic N) is 6. The van der Waals surface area contributed by atoms with Gasteiger partial charge in [-0.05, 0) is 63.0 Å². The van der Waals surface area contributed by atoms with Crippen LogP contribution in [0.2, 0.25) is 5.02 Å².